The van der Waals surface area contributed by atoms with E-state index in [2.05, 4.69) is 22.4 Å². The first-order valence-corrected chi connectivity index (χ1v) is 10.6. The lowest BCUT2D eigenvalue weighted by molar-refractivity contribution is 0.342. The van der Waals surface area contributed by atoms with Gasteiger partial charge in [-0.05, 0) is 68.1 Å². The van der Waals surface area contributed by atoms with E-state index < -0.39 is 0 Å². The maximum atomic E-state index is 10.3. The summed E-state index contributed by atoms with van der Waals surface area (Å²) in [5.41, 5.74) is 11.0. The Balaban J connectivity index is 1.43. The summed E-state index contributed by atoms with van der Waals surface area (Å²) in [7, 11) is 0. The Morgan fingerprint density at radius 3 is 2.66 bits per heavy atom. The molecule has 1 aromatic heterocycles. The van der Waals surface area contributed by atoms with Gasteiger partial charge in [-0.25, -0.2) is 0 Å². The number of H-pyrrole nitrogens is 1. The first-order valence-electron chi connectivity index (χ1n) is 10.6. The summed E-state index contributed by atoms with van der Waals surface area (Å²) < 4.78 is 0. The van der Waals surface area contributed by atoms with Crippen molar-refractivity contribution < 1.29 is 5.11 Å². The Bertz CT molecular complexity index is 998. The summed E-state index contributed by atoms with van der Waals surface area (Å²) >= 11 is 0. The summed E-state index contributed by atoms with van der Waals surface area (Å²) in [5.74, 6) is 0.962. The Morgan fingerprint density at radius 1 is 1.14 bits per heavy atom. The molecule has 5 N–H and O–H groups in total. The molecule has 0 radical (unpaired) electrons. The van der Waals surface area contributed by atoms with Gasteiger partial charge in [-0.1, -0.05) is 31.4 Å². The number of nitrogens with one attached hydrogen (secondary N) is 2. The molecule has 29 heavy (non-hydrogen) atoms. The maximum Gasteiger partial charge on any atom is 0.198 e. The highest BCUT2D eigenvalue weighted by atomic mass is 16.3. The first kappa shape index (κ1) is 19.5. The van der Waals surface area contributed by atoms with Gasteiger partial charge < -0.3 is 21.1 Å². The second-order valence-electron chi connectivity index (χ2n) is 8.15. The third kappa shape index (κ3) is 4.62. The van der Waals surface area contributed by atoms with Crippen LogP contribution in [0.3, 0.4) is 0 Å². The molecule has 2 aromatic carbocycles. The molecule has 0 spiro atoms. The van der Waals surface area contributed by atoms with Crippen molar-refractivity contribution in [3.8, 4) is 5.88 Å². The highest BCUT2D eigenvalue weighted by Crippen LogP contribution is 2.30. The normalized spacial score (nSPS) is 15.8. The fourth-order valence-corrected chi connectivity index (χ4v) is 4.31. The van der Waals surface area contributed by atoms with Gasteiger partial charge in [-0.3, -0.25) is 4.99 Å². The van der Waals surface area contributed by atoms with Crippen LogP contribution in [0.5, 0.6) is 5.88 Å². The predicted molar refractivity (Wildman–Crippen MR) is 121 cm³/mol. The van der Waals surface area contributed by atoms with Gasteiger partial charge in [-0.15, -0.1) is 0 Å². The van der Waals surface area contributed by atoms with E-state index in [1.54, 1.807) is 0 Å². The molecule has 0 bridgehead atoms. The average Bonchev–Trinajstić information content (AvgIpc) is 3.05. The molecule has 5 nitrogen and oxygen atoms in total. The van der Waals surface area contributed by atoms with Gasteiger partial charge in [0.1, 0.15) is 0 Å². The molecule has 1 saturated carbocycles. The number of aromatic nitrogens is 1. The molecule has 3 aromatic rings. The molecule has 0 unspecified atom stereocenters. The monoisotopic (exact) mass is 390 g/mol. The number of aliphatic imine (C=N–C) groups is 1. The van der Waals surface area contributed by atoms with Gasteiger partial charge in [0.15, 0.2) is 5.88 Å². The number of nitrogens with zero attached hydrogens (tertiary/aromatic N) is 1. The summed E-state index contributed by atoms with van der Waals surface area (Å²) in [6.07, 6.45) is 6.91. The van der Waals surface area contributed by atoms with Crippen LogP contribution in [-0.4, -0.2) is 22.3 Å². The minimum absolute atomic E-state index is 0.121. The van der Waals surface area contributed by atoms with E-state index in [4.69, 9.17) is 10.7 Å². The van der Waals surface area contributed by atoms with E-state index in [0.29, 0.717) is 11.3 Å². The van der Waals surface area contributed by atoms with Crippen molar-refractivity contribution in [2.24, 2.45) is 10.9 Å². The third-order valence-corrected chi connectivity index (χ3v) is 5.88. The Kier molecular flexibility index (Phi) is 5.86. The van der Waals surface area contributed by atoms with E-state index in [-0.39, 0.29) is 5.88 Å². The molecule has 0 aliphatic heterocycles. The number of fused-ring (bicyclic) bond motifs is 1. The first-order chi connectivity index (χ1) is 14.1. The quantitative estimate of drug-likeness (QED) is 0.342. The third-order valence-electron chi connectivity index (χ3n) is 5.88. The number of nitrogens with two attached hydrogens (primary N) is 1. The number of anilines is 1. The van der Waals surface area contributed by atoms with Crippen LogP contribution in [0.4, 0.5) is 11.4 Å². The van der Waals surface area contributed by atoms with Crippen molar-refractivity contribution >= 4 is 28.0 Å². The van der Waals surface area contributed by atoms with Gasteiger partial charge in [-0.2, -0.15) is 0 Å². The van der Waals surface area contributed by atoms with Crippen LogP contribution in [0.2, 0.25) is 0 Å². The van der Waals surface area contributed by atoms with Crippen LogP contribution in [0, 0.1) is 5.92 Å². The molecule has 0 amide bonds. The lowest BCUT2D eigenvalue weighted by atomic mass is 9.89. The predicted octanol–water partition coefficient (Wildman–Crippen LogP) is 5.27. The largest absolute Gasteiger partial charge is 0.494 e. The fraction of sp³-hybridized carbons (Fsp3) is 0.375. The number of aromatic hydroxyl groups is 1. The van der Waals surface area contributed by atoms with Crippen molar-refractivity contribution in [1.29, 1.82) is 0 Å². The summed E-state index contributed by atoms with van der Waals surface area (Å²) in [5, 5.41) is 14.8. The number of hydrogen-bond donors (Lipinski definition) is 4. The molecular weight excluding hydrogens is 360 g/mol. The zero-order valence-electron chi connectivity index (χ0n) is 17.0. The van der Waals surface area contributed by atoms with Crippen molar-refractivity contribution in [3.05, 3.63) is 53.6 Å². The van der Waals surface area contributed by atoms with E-state index in [1.165, 1.54) is 37.7 Å². The van der Waals surface area contributed by atoms with Crippen LogP contribution < -0.4 is 11.1 Å². The van der Waals surface area contributed by atoms with Crippen molar-refractivity contribution in [1.82, 2.24) is 10.3 Å². The minimum atomic E-state index is 0.121. The summed E-state index contributed by atoms with van der Waals surface area (Å²) in [4.78, 5) is 7.70. The summed E-state index contributed by atoms with van der Waals surface area (Å²) in [6.45, 7) is 3.91. The van der Waals surface area contributed by atoms with Crippen molar-refractivity contribution in [3.63, 3.8) is 0 Å². The highest BCUT2D eigenvalue weighted by molar-refractivity contribution is 6.13. The zero-order chi connectivity index (χ0) is 20.2. The lowest BCUT2D eigenvalue weighted by Gasteiger charge is -2.21. The number of aromatic amines is 1. The maximum absolute atomic E-state index is 10.3. The standard InChI is InChI=1S/C24H30N4O/c1-16(23-21-13-19(25)9-12-22(21)28-24(23)29)27-20-10-7-18(8-11-20)15-26-14-17-5-3-2-4-6-17/h7-13,17,26,28-29H,2-6,14-15,25H2,1H3. The lowest BCUT2D eigenvalue weighted by Crippen LogP contribution is -2.24. The van der Waals surface area contributed by atoms with Gasteiger partial charge in [0, 0.05) is 23.1 Å². The van der Waals surface area contributed by atoms with Crippen molar-refractivity contribution in [2.75, 3.05) is 12.3 Å². The van der Waals surface area contributed by atoms with Crippen molar-refractivity contribution in [2.45, 2.75) is 45.6 Å². The molecule has 1 heterocycles. The van der Waals surface area contributed by atoms with Crippen LogP contribution >= 0.6 is 0 Å². The SMILES string of the molecule is CC(=Nc1ccc(CNCC2CCCCC2)cc1)c1c(O)[nH]c2ccc(N)cc12. The summed E-state index contributed by atoms with van der Waals surface area (Å²) in [6, 6.07) is 13.8. The van der Waals surface area contributed by atoms with Gasteiger partial charge >= 0.3 is 0 Å². The van der Waals surface area contributed by atoms with E-state index in [9.17, 15) is 5.11 Å². The molecule has 1 aliphatic rings. The molecule has 4 rings (SSSR count). The zero-order valence-corrected chi connectivity index (χ0v) is 17.0. The van der Waals surface area contributed by atoms with Gasteiger partial charge in [0.05, 0.1) is 17.0 Å². The van der Waals surface area contributed by atoms with Gasteiger partial charge in [0.2, 0.25) is 0 Å². The van der Waals surface area contributed by atoms with E-state index >= 15 is 0 Å². The second-order valence-corrected chi connectivity index (χ2v) is 8.15. The number of rotatable bonds is 6. The average molecular weight is 391 g/mol. The van der Waals surface area contributed by atoms with E-state index in [1.807, 2.05) is 37.3 Å². The Morgan fingerprint density at radius 2 is 1.90 bits per heavy atom. The number of nitrogen functional groups attached to an aromatic ring is 1. The molecule has 152 valence electrons. The molecule has 1 aliphatic carbocycles. The van der Waals surface area contributed by atoms with Crippen LogP contribution in [0.1, 0.15) is 50.2 Å². The molecule has 1 fully saturated rings. The molecule has 0 saturated heterocycles. The Labute approximate surface area is 172 Å². The second kappa shape index (κ2) is 8.70. The Hall–Kier alpha value is -2.79. The van der Waals surface area contributed by atoms with Crippen LogP contribution in [-0.2, 0) is 6.54 Å². The van der Waals surface area contributed by atoms with Crippen LogP contribution in [0.25, 0.3) is 10.9 Å². The molecule has 0 atom stereocenters. The van der Waals surface area contributed by atoms with E-state index in [0.717, 1.165) is 41.3 Å². The molecular formula is C24H30N4O. The topological polar surface area (TPSA) is 86.4 Å². The highest BCUT2D eigenvalue weighted by Gasteiger charge is 2.14. The number of hydrogen-bond acceptors (Lipinski definition) is 4. The minimum Gasteiger partial charge on any atom is -0.494 e. The molecule has 5 heteroatoms. The smallest absolute Gasteiger partial charge is 0.198 e. The number of benzene rings is 2. The van der Waals surface area contributed by atoms with Gasteiger partial charge in [0.25, 0.3) is 0 Å². The fourth-order valence-electron chi connectivity index (χ4n) is 4.31. The van der Waals surface area contributed by atoms with Crippen LogP contribution in [0.15, 0.2) is 47.5 Å².